The molecule has 140 valence electrons. The number of hydrogen-bond acceptors (Lipinski definition) is 4. The third kappa shape index (κ3) is 5.44. The smallest absolute Gasteiger partial charge is 0.238 e. The summed E-state index contributed by atoms with van der Waals surface area (Å²) in [5.74, 6) is 0.573. The predicted octanol–water partition coefficient (Wildman–Crippen LogP) is 4.51. The van der Waals surface area contributed by atoms with Gasteiger partial charge in [0, 0.05) is 38.3 Å². The van der Waals surface area contributed by atoms with Gasteiger partial charge < -0.3 is 19.4 Å². The zero-order valence-corrected chi connectivity index (χ0v) is 17.9. The molecule has 0 saturated heterocycles. The molecular weight excluding hydrogens is 354 g/mol. The van der Waals surface area contributed by atoms with E-state index in [-0.39, 0.29) is 0 Å². The molecule has 2 rings (SSSR count). The number of hydrogen-bond donors (Lipinski definition) is 1. The zero-order valence-electron chi connectivity index (χ0n) is 16.1. The van der Waals surface area contributed by atoms with Gasteiger partial charge in [0.2, 0.25) is 5.88 Å². The molecule has 0 radical (unpaired) electrons. The molecular formula is C18H30ClN3O2Si. The first-order valence-corrected chi connectivity index (χ1v) is 12.8. The molecule has 0 fully saturated rings. The second-order valence-corrected chi connectivity index (χ2v) is 13.9. The number of nitrogens with zero attached hydrogens (tertiary/aromatic N) is 2. The maximum Gasteiger partial charge on any atom is 0.238 e. The van der Waals surface area contributed by atoms with E-state index in [4.69, 9.17) is 21.1 Å². The first kappa shape index (κ1) is 20.2. The summed E-state index contributed by atoms with van der Waals surface area (Å²) in [7, 11) is 0.522. The van der Waals surface area contributed by atoms with Crippen LogP contribution in [0.2, 0.25) is 30.7 Å². The highest BCUT2D eigenvalue weighted by molar-refractivity contribution is 6.76. The van der Waals surface area contributed by atoms with Crippen LogP contribution in [0, 0.1) is 0 Å². The molecule has 0 saturated carbocycles. The van der Waals surface area contributed by atoms with E-state index in [1.54, 1.807) is 13.3 Å². The Hall–Kier alpha value is -1.08. The lowest BCUT2D eigenvalue weighted by Crippen LogP contribution is -2.24. The van der Waals surface area contributed by atoms with Crippen LogP contribution in [0.5, 0.6) is 5.88 Å². The summed E-state index contributed by atoms with van der Waals surface area (Å²) in [6, 6.07) is 3.64. The average molecular weight is 384 g/mol. The van der Waals surface area contributed by atoms with E-state index in [2.05, 4.69) is 54.4 Å². The van der Waals surface area contributed by atoms with Gasteiger partial charge in [-0.15, -0.1) is 0 Å². The monoisotopic (exact) mass is 383 g/mol. The number of ether oxygens (including phenoxy) is 2. The standard InChI is InChI=1S/C18H30ClN3O2Si/c1-13(2)20-10-14-9-15-16(19)11-21-18(23-3)17(15)22(14)12-24-7-8-25(4,5)6/h9,11,13,20H,7-8,10,12H2,1-6H3. The van der Waals surface area contributed by atoms with Crippen molar-refractivity contribution in [2.75, 3.05) is 13.7 Å². The van der Waals surface area contributed by atoms with E-state index in [1.807, 2.05) is 0 Å². The highest BCUT2D eigenvalue weighted by Gasteiger charge is 2.18. The lowest BCUT2D eigenvalue weighted by molar-refractivity contribution is 0.0878. The Balaban J connectivity index is 2.32. The summed E-state index contributed by atoms with van der Waals surface area (Å²) >= 11 is 6.37. The van der Waals surface area contributed by atoms with Crippen LogP contribution < -0.4 is 10.1 Å². The lowest BCUT2D eigenvalue weighted by atomic mass is 10.3. The fourth-order valence-corrected chi connectivity index (χ4v) is 3.50. The molecule has 25 heavy (non-hydrogen) atoms. The van der Waals surface area contributed by atoms with Gasteiger partial charge in [0.15, 0.2) is 0 Å². The van der Waals surface area contributed by atoms with E-state index in [0.717, 1.165) is 35.8 Å². The van der Waals surface area contributed by atoms with Crippen LogP contribution in [0.15, 0.2) is 12.3 Å². The van der Waals surface area contributed by atoms with E-state index < -0.39 is 8.07 Å². The topological polar surface area (TPSA) is 48.3 Å². The summed E-state index contributed by atoms with van der Waals surface area (Å²) in [5.41, 5.74) is 2.01. The SMILES string of the molecule is COc1ncc(Cl)c2cc(CNC(C)C)n(COCC[Si](C)(C)C)c12. The van der Waals surface area contributed by atoms with Gasteiger partial charge in [0.25, 0.3) is 0 Å². The Morgan fingerprint density at radius 2 is 2.04 bits per heavy atom. The Bertz CT molecular complexity index is 710. The third-order valence-corrected chi connectivity index (χ3v) is 6.04. The van der Waals surface area contributed by atoms with Crippen LogP contribution >= 0.6 is 11.6 Å². The van der Waals surface area contributed by atoms with Crippen LogP contribution in [0.1, 0.15) is 19.5 Å². The molecule has 0 bridgehead atoms. The van der Waals surface area contributed by atoms with Gasteiger partial charge >= 0.3 is 0 Å². The van der Waals surface area contributed by atoms with Gasteiger partial charge in [0.1, 0.15) is 12.2 Å². The Labute approximate surface area is 156 Å². The van der Waals surface area contributed by atoms with Crippen LogP contribution in [-0.2, 0) is 18.0 Å². The molecule has 0 spiro atoms. The average Bonchev–Trinajstić information content (AvgIpc) is 2.89. The van der Waals surface area contributed by atoms with Crippen molar-refractivity contribution in [2.45, 2.75) is 58.9 Å². The largest absolute Gasteiger partial charge is 0.479 e. The van der Waals surface area contributed by atoms with Gasteiger partial charge in [0.05, 0.1) is 18.3 Å². The summed E-state index contributed by atoms with van der Waals surface area (Å²) in [6.45, 7) is 13.3. The first-order valence-electron chi connectivity index (χ1n) is 8.74. The number of pyridine rings is 1. The minimum absolute atomic E-state index is 0.398. The van der Waals surface area contributed by atoms with Crippen molar-refractivity contribution in [1.82, 2.24) is 14.9 Å². The van der Waals surface area contributed by atoms with Crippen LogP contribution in [0.3, 0.4) is 0 Å². The van der Waals surface area contributed by atoms with Gasteiger partial charge in [-0.25, -0.2) is 4.98 Å². The van der Waals surface area contributed by atoms with Crippen molar-refractivity contribution >= 4 is 30.6 Å². The second-order valence-electron chi connectivity index (χ2n) is 7.83. The number of rotatable bonds is 9. The van der Waals surface area contributed by atoms with Crippen LogP contribution in [-0.4, -0.2) is 37.4 Å². The molecule has 0 aliphatic carbocycles. The van der Waals surface area contributed by atoms with Gasteiger partial charge in [-0.2, -0.15) is 0 Å². The summed E-state index contributed by atoms with van der Waals surface area (Å²) in [4.78, 5) is 4.32. The van der Waals surface area contributed by atoms with Crippen molar-refractivity contribution in [2.24, 2.45) is 0 Å². The van der Waals surface area contributed by atoms with Crippen molar-refractivity contribution in [1.29, 1.82) is 0 Å². The minimum Gasteiger partial charge on any atom is -0.479 e. The third-order valence-electron chi connectivity index (χ3n) is 4.04. The number of aromatic nitrogens is 2. The molecule has 2 aromatic heterocycles. The molecule has 2 aromatic rings. The Morgan fingerprint density at radius 1 is 1.32 bits per heavy atom. The first-order chi connectivity index (χ1) is 11.7. The molecule has 2 heterocycles. The molecule has 5 nitrogen and oxygen atoms in total. The second kappa shape index (κ2) is 8.53. The fraction of sp³-hybridized carbons (Fsp3) is 0.611. The van der Waals surface area contributed by atoms with Gasteiger partial charge in [-0.3, -0.25) is 0 Å². The van der Waals surface area contributed by atoms with E-state index >= 15 is 0 Å². The molecule has 7 heteroatoms. The fourth-order valence-electron chi connectivity index (χ4n) is 2.55. The normalized spacial score (nSPS) is 12.3. The van der Waals surface area contributed by atoms with Gasteiger partial charge in [-0.05, 0) is 12.1 Å². The number of methoxy groups -OCH3 is 1. The molecule has 0 aliphatic heterocycles. The lowest BCUT2D eigenvalue weighted by Gasteiger charge is -2.17. The molecule has 1 N–H and O–H groups in total. The predicted molar refractivity (Wildman–Crippen MR) is 107 cm³/mol. The summed E-state index contributed by atoms with van der Waals surface area (Å²) < 4.78 is 13.6. The van der Waals surface area contributed by atoms with E-state index in [1.165, 1.54) is 0 Å². The van der Waals surface area contributed by atoms with Crippen LogP contribution in [0.4, 0.5) is 0 Å². The number of halogens is 1. The summed E-state index contributed by atoms with van der Waals surface area (Å²) in [5, 5.41) is 5.04. The molecule has 0 amide bonds. The maximum atomic E-state index is 6.37. The van der Waals surface area contributed by atoms with E-state index in [9.17, 15) is 0 Å². The highest BCUT2D eigenvalue weighted by Crippen LogP contribution is 2.32. The quantitative estimate of drug-likeness (QED) is 0.511. The molecule has 0 atom stereocenters. The number of nitrogens with one attached hydrogen (secondary N) is 1. The van der Waals surface area contributed by atoms with Crippen LogP contribution in [0.25, 0.3) is 10.9 Å². The van der Waals surface area contributed by atoms with Crippen molar-refractivity contribution < 1.29 is 9.47 Å². The zero-order chi connectivity index (χ0) is 18.6. The van der Waals surface area contributed by atoms with E-state index in [0.29, 0.717) is 23.7 Å². The molecule has 0 unspecified atom stereocenters. The van der Waals surface area contributed by atoms with Crippen molar-refractivity contribution in [3.63, 3.8) is 0 Å². The Kier molecular flexibility index (Phi) is 6.91. The summed E-state index contributed by atoms with van der Waals surface area (Å²) in [6.07, 6.45) is 1.64. The van der Waals surface area contributed by atoms with Crippen molar-refractivity contribution in [3.05, 3.63) is 23.0 Å². The molecule has 0 aromatic carbocycles. The number of fused-ring (bicyclic) bond motifs is 1. The van der Waals surface area contributed by atoms with Gasteiger partial charge in [-0.1, -0.05) is 45.1 Å². The Morgan fingerprint density at radius 3 is 2.64 bits per heavy atom. The maximum absolute atomic E-state index is 6.37. The highest BCUT2D eigenvalue weighted by atomic mass is 35.5. The molecule has 0 aliphatic rings. The minimum atomic E-state index is -1.11. The van der Waals surface area contributed by atoms with Crippen molar-refractivity contribution in [3.8, 4) is 5.88 Å².